The maximum atomic E-state index is 12.4. The van der Waals surface area contributed by atoms with Crippen LogP contribution < -0.4 is 0 Å². The van der Waals surface area contributed by atoms with Crippen molar-refractivity contribution < 1.29 is 19.8 Å². The summed E-state index contributed by atoms with van der Waals surface area (Å²) in [5, 5.41) is 20.6. The monoisotopic (exact) mass is 422 g/mol. The predicted molar refractivity (Wildman–Crippen MR) is 116 cm³/mol. The predicted octanol–water partition coefficient (Wildman–Crippen LogP) is 2.26. The van der Waals surface area contributed by atoms with Gasteiger partial charge in [0, 0.05) is 74.5 Å². The van der Waals surface area contributed by atoms with Crippen LogP contribution in [0.5, 0.6) is 0 Å². The van der Waals surface area contributed by atoms with Gasteiger partial charge >= 0.3 is 11.9 Å². The second-order valence-electron chi connectivity index (χ2n) is 7.83. The third-order valence-corrected chi connectivity index (χ3v) is 6.04. The third-order valence-electron chi connectivity index (χ3n) is 6.04. The second kappa shape index (κ2) is 8.87. The van der Waals surface area contributed by atoms with Crippen LogP contribution in [0.25, 0.3) is 10.9 Å². The molecule has 162 valence electrons. The van der Waals surface area contributed by atoms with Crippen molar-refractivity contribution in [1.29, 1.82) is 0 Å². The number of aromatic carboxylic acids is 1. The van der Waals surface area contributed by atoms with Crippen LogP contribution in [0.3, 0.4) is 0 Å². The first-order valence-corrected chi connectivity index (χ1v) is 10.4. The number of piperazine rings is 1. The lowest BCUT2D eigenvalue weighted by Crippen LogP contribution is -2.49. The van der Waals surface area contributed by atoms with Crippen LogP contribution in [0.2, 0.25) is 0 Å². The number of aliphatic carboxylic acids is 1. The Balaban J connectivity index is 1.55. The lowest BCUT2D eigenvalue weighted by Gasteiger charge is -2.37. The van der Waals surface area contributed by atoms with E-state index in [4.69, 9.17) is 0 Å². The van der Waals surface area contributed by atoms with Crippen LogP contribution >= 0.6 is 0 Å². The second-order valence-corrected chi connectivity index (χ2v) is 7.83. The Labute approximate surface area is 180 Å². The number of para-hydroxylation sites is 1. The summed E-state index contributed by atoms with van der Waals surface area (Å²) < 4.78 is 1.58. The molecule has 1 saturated heterocycles. The van der Waals surface area contributed by atoms with Gasteiger partial charge in [0.1, 0.15) is 11.7 Å². The molecule has 0 amide bonds. The van der Waals surface area contributed by atoms with Crippen LogP contribution in [0.1, 0.15) is 27.8 Å². The van der Waals surface area contributed by atoms with Crippen LogP contribution in [-0.4, -0.2) is 74.2 Å². The number of benzene rings is 1. The molecule has 4 rings (SSSR count). The lowest BCUT2D eigenvalue weighted by atomic mass is 10.00. The Bertz CT molecular complexity index is 1090. The first-order chi connectivity index (χ1) is 15.0. The number of pyridine rings is 1. The van der Waals surface area contributed by atoms with Gasteiger partial charge in [0.15, 0.2) is 0 Å². The standard InChI is InChI=1S/C23H26N4O4/c1-25-18-8-3-2-7-17(18)19(20(25)22(28)29)21(23(30)31)27-14-12-26(13-15-27)11-9-16-6-4-5-10-24-16/h2-8,10,21H,9,11-15H2,1H3,(H,28,29)(H,30,31)/t21-/m0/s1. The molecule has 8 nitrogen and oxygen atoms in total. The van der Waals surface area contributed by atoms with Gasteiger partial charge in [0.05, 0.1) is 0 Å². The summed E-state index contributed by atoms with van der Waals surface area (Å²) in [4.78, 5) is 32.9. The minimum atomic E-state index is -1.12. The van der Waals surface area contributed by atoms with E-state index in [0.29, 0.717) is 24.0 Å². The Morgan fingerprint density at radius 3 is 2.39 bits per heavy atom. The highest BCUT2D eigenvalue weighted by molar-refractivity contribution is 6.01. The summed E-state index contributed by atoms with van der Waals surface area (Å²) in [6.45, 7) is 3.42. The molecule has 8 heteroatoms. The number of hydrogen-bond donors (Lipinski definition) is 2. The van der Waals surface area contributed by atoms with Crippen LogP contribution in [0.15, 0.2) is 48.7 Å². The molecule has 0 saturated carbocycles. The number of carboxylic acids is 2. The van der Waals surface area contributed by atoms with Gasteiger partial charge in [-0.25, -0.2) is 4.79 Å². The van der Waals surface area contributed by atoms with Crippen molar-refractivity contribution in [3.8, 4) is 0 Å². The smallest absolute Gasteiger partial charge is 0.352 e. The van der Waals surface area contributed by atoms with Gasteiger partial charge in [-0.2, -0.15) is 0 Å². The number of nitrogens with zero attached hydrogens (tertiary/aromatic N) is 4. The van der Waals surface area contributed by atoms with Gasteiger partial charge in [0.2, 0.25) is 0 Å². The highest BCUT2D eigenvalue weighted by Gasteiger charge is 2.36. The molecule has 2 N–H and O–H groups in total. The Hall–Kier alpha value is -3.23. The van der Waals surface area contributed by atoms with Crippen molar-refractivity contribution in [3.63, 3.8) is 0 Å². The summed E-state index contributed by atoms with van der Waals surface area (Å²) in [5.41, 5.74) is 2.15. The van der Waals surface area contributed by atoms with E-state index in [2.05, 4.69) is 9.88 Å². The van der Waals surface area contributed by atoms with Gasteiger partial charge in [-0.1, -0.05) is 24.3 Å². The zero-order valence-electron chi connectivity index (χ0n) is 17.4. The molecule has 1 atom stereocenters. The van der Waals surface area contributed by atoms with E-state index in [1.807, 2.05) is 41.3 Å². The largest absolute Gasteiger partial charge is 0.480 e. The van der Waals surface area contributed by atoms with E-state index in [-0.39, 0.29) is 5.69 Å². The van der Waals surface area contributed by atoms with Crippen LogP contribution in [-0.2, 0) is 18.3 Å². The third kappa shape index (κ3) is 4.17. The zero-order chi connectivity index (χ0) is 22.0. The number of aromatic nitrogens is 2. The fourth-order valence-electron chi connectivity index (χ4n) is 4.48. The van der Waals surface area contributed by atoms with E-state index < -0.39 is 18.0 Å². The molecule has 31 heavy (non-hydrogen) atoms. The number of carbonyl (C=O) groups is 2. The molecule has 1 aromatic carbocycles. The molecule has 1 aliphatic rings. The number of rotatable bonds is 7. The fraction of sp³-hybridized carbons (Fsp3) is 0.348. The number of carboxylic acid groups (broad SMARTS) is 2. The summed E-state index contributed by atoms with van der Waals surface area (Å²) in [6, 6.07) is 12.1. The van der Waals surface area contributed by atoms with E-state index in [1.54, 1.807) is 23.9 Å². The minimum Gasteiger partial charge on any atom is -0.480 e. The fourth-order valence-corrected chi connectivity index (χ4v) is 4.48. The first-order valence-electron chi connectivity index (χ1n) is 10.4. The van der Waals surface area contributed by atoms with Crippen LogP contribution in [0.4, 0.5) is 0 Å². The summed E-state index contributed by atoms with van der Waals surface area (Å²) in [7, 11) is 1.67. The minimum absolute atomic E-state index is 0.0335. The lowest BCUT2D eigenvalue weighted by molar-refractivity contribution is -0.144. The molecular weight excluding hydrogens is 396 g/mol. The average Bonchev–Trinajstić information content (AvgIpc) is 3.06. The first kappa shape index (κ1) is 21.0. The van der Waals surface area contributed by atoms with E-state index in [1.165, 1.54) is 0 Å². The zero-order valence-corrected chi connectivity index (χ0v) is 17.4. The highest BCUT2D eigenvalue weighted by atomic mass is 16.4. The van der Waals surface area contributed by atoms with Crippen LogP contribution in [0, 0.1) is 0 Å². The Morgan fingerprint density at radius 1 is 1.03 bits per heavy atom. The molecule has 3 heterocycles. The van der Waals surface area contributed by atoms with Gasteiger partial charge in [0.25, 0.3) is 0 Å². The number of fused-ring (bicyclic) bond motifs is 1. The van der Waals surface area contributed by atoms with Crippen molar-refractivity contribution in [3.05, 3.63) is 65.6 Å². The van der Waals surface area contributed by atoms with E-state index >= 15 is 0 Å². The molecule has 0 spiro atoms. The number of hydrogen-bond acceptors (Lipinski definition) is 5. The quantitative estimate of drug-likeness (QED) is 0.603. The summed E-state index contributed by atoms with van der Waals surface area (Å²) in [5.74, 6) is -2.14. The van der Waals surface area contributed by atoms with E-state index in [9.17, 15) is 19.8 Å². The maximum absolute atomic E-state index is 12.4. The molecule has 0 unspecified atom stereocenters. The Kier molecular flexibility index (Phi) is 6.01. The average molecular weight is 422 g/mol. The maximum Gasteiger partial charge on any atom is 0.352 e. The molecule has 1 fully saturated rings. The normalized spacial score (nSPS) is 16.4. The topological polar surface area (TPSA) is 98.9 Å². The number of aryl methyl sites for hydroxylation is 1. The van der Waals surface area contributed by atoms with Gasteiger partial charge in [-0.15, -0.1) is 0 Å². The molecule has 0 aliphatic carbocycles. The molecule has 0 bridgehead atoms. The molecule has 2 aromatic heterocycles. The highest BCUT2D eigenvalue weighted by Crippen LogP contribution is 2.34. The van der Waals surface area contributed by atoms with Crippen molar-refractivity contribution in [1.82, 2.24) is 19.4 Å². The van der Waals surface area contributed by atoms with Gasteiger partial charge < -0.3 is 19.7 Å². The van der Waals surface area contributed by atoms with Crippen molar-refractivity contribution in [2.75, 3.05) is 32.7 Å². The van der Waals surface area contributed by atoms with Gasteiger partial charge in [-0.3, -0.25) is 14.7 Å². The van der Waals surface area contributed by atoms with E-state index in [0.717, 1.165) is 37.3 Å². The molecule has 3 aromatic rings. The summed E-state index contributed by atoms with van der Waals surface area (Å²) >= 11 is 0. The van der Waals surface area contributed by atoms with Crippen molar-refractivity contribution >= 4 is 22.8 Å². The SMILES string of the molecule is Cn1c(C(=O)O)c([C@@H](C(=O)O)N2CCN(CCc3ccccn3)CC2)c2ccccc21. The summed E-state index contributed by atoms with van der Waals surface area (Å²) in [6.07, 6.45) is 2.63. The van der Waals surface area contributed by atoms with Crippen molar-refractivity contribution in [2.45, 2.75) is 12.5 Å². The van der Waals surface area contributed by atoms with Gasteiger partial charge in [-0.05, 0) is 18.2 Å². The molecule has 1 aliphatic heterocycles. The van der Waals surface area contributed by atoms with Crippen molar-refractivity contribution in [2.24, 2.45) is 7.05 Å². The molecular formula is C23H26N4O4. The molecule has 0 radical (unpaired) electrons. The Morgan fingerprint density at radius 2 is 1.74 bits per heavy atom.